The number of hydrogen-bond donors (Lipinski definition) is 1. The zero-order valence-corrected chi connectivity index (χ0v) is 17.4. The van der Waals surface area contributed by atoms with E-state index in [1.54, 1.807) is 0 Å². The van der Waals surface area contributed by atoms with Crippen molar-refractivity contribution >= 4 is 5.97 Å². The summed E-state index contributed by atoms with van der Waals surface area (Å²) in [6.45, 7) is 17.7. The van der Waals surface area contributed by atoms with E-state index in [0.29, 0.717) is 5.75 Å². The highest BCUT2D eigenvalue weighted by atomic mass is 17.2. The maximum Gasteiger partial charge on any atom is 0.342 e. The molecule has 1 fully saturated rings. The van der Waals surface area contributed by atoms with Gasteiger partial charge in [-0.25, -0.2) is 14.6 Å². The zero-order chi connectivity index (χ0) is 20.1. The molecule has 5 nitrogen and oxygen atoms in total. The van der Waals surface area contributed by atoms with Gasteiger partial charge in [0, 0.05) is 0 Å². The van der Waals surface area contributed by atoms with Gasteiger partial charge < -0.3 is 9.84 Å². The van der Waals surface area contributed by atoms with Crippen LogP contribution in [0, 0.1) is 0 Å². The molecule has 1 aromatic carbocycles. The Kier molecular flexibility index (Phi) is 5.21. The molecule has 146 valence electrons. The number of rotatable bonds is 2. The number of aromatic hydroxyl groups is 1. The zero-order valence-electron chi connectivity index (χ0n) is 17.4. The summed E-state index contributed by atoms with van der Waals surface area (Å²) < 4.78 is 5.42. The maximum absolute atomic E-state index is 12.4. The van der Waals surface area contributed by atoms with Crippen molar-refractivity contribution in [3.8, 4) is 5.75 Å². The summed E-state index contributed by atoms with van der Waals surface area (Å²) in [6, 6.07) is 3.80. The lowest BCUT2D eigenvalue weighted by atomic mass is 9.77. The van der Waals surface area contributed by atoms with Crippen LogP contribution in [0.15, 0.2) is 12.1 Å². The first-order chi connectivity index (χ1) is 11.6. The Hall–Kier alpha value is -1.59. The van der Waals surface area contributed by atoms with E-state index in [1.807, 2.05) is 74.4 Å². The molecule has 1 N–H and O–H groups in total. The van der Waals surface area contributed by atoms with Gasteiger partial charge in [-0.1, -0.05) is 41.5 Å². The fraction of sp³-hybridized carbons (Fsp3) is 0.667. The number of carbonyl (C=O) groups excluding carboxylic acids is 1. The van der Waals surface area contributed by atoms with Gasteiger partial charge in [0.25, 0.3) is 0 Å². The number of benzene rings is 1. The molecule has 1 aromatic rings. The molecule has 2 unspecified atom stereocenters. The van der Waals surface area contributed by atoms with Crippen molar-refractivity contribution in [2.45, 2.75) is 91.0 Å². The average molecular weight is 364 g/mol. The van der Waals surface area contributed by atoms with E-state index in [-0.39, 0.29) is 10.8 Å². The average Bonchev–Trinajstić information content (AvgIpc) is 2.33. The Bertz CT molecular complexity index is 651. The van der Waals surface area contributed by atoms with Gasteiger partial charge >= 0.3 is 5.97 Å². The summed E-state index contributed by atoms with van der Waals surface area (Å²) in [5.41, 5.74) is 1.33. The number of phenolic OH excluding ortho intramolecular Hbond substituents is 1. The molecular formula is C21H32O5. The number of esters is 1. The van der Waals surface area contributed by atoms with Crippen molar-refractivity contribution < 1.29 is 24.4 Å². The van der Waals surface area contributed by atoms with Crippen LogP contribution in [-0.2, 0) is 30.1 Å². The Morgan fingerprint density at radius 3 is 1.69 bits per heavy atom. The van der Waals surface area contributed by atoms with Gasteiger partial charge in [-0.05, 0) is 60.4 Å². The molecule has 0 aliphatic carbocycles. The highest BCUT2D eigenvalue weighted by Gasteiger charge is 2.45. The molecule has 0 amide bonds. The second-order valence-electron chi connectivity index (χ2n) is 10.0. The van der Waals surface area contributed by atoms with Gasteiger partial charge in [0.05, 0.1) is 0 Å². The Balaban J connectivity index is 2.45. The SMILES string of the molecule is CC(C)(C)OC(=O)C1OOC1c1cc(C(C)(C)C)c(O)c(C(C)(C)C)c1. The number of phenols is 1. The van der Waals surface area contributed by atoms with Crippen molar-refractivity contribution in [1.82, 2.24) is 0 Å². The van der Waals surface area contributed by atoms with Crippen LogP contribution in [0.4, 0.5) is 0 Å². The second-order valence-corrected chi connectivity index (χ2v) is 10.0. The van der Waals surface area contributed by atoms with Crippen molar-refractivity contribution in [2.24, 2.45) is 0 Å². The van der Waals surface area contributed by atoms with Crippen LogP contribution in [0.25, 0.3) is 0 Å². The van der Waals surface area contributed by atoms with E-state index in [2.05, 4.69) is 0 Å². The summed E-state index contributed by atoms with van der Waals surface area (Å²) in [5.74, 6) is -0.153. The first kappa shape index (κ1) is 20.7. The first-order valence-corrected chi connectivity index (χ1v) is 9.04. The van der Waals surface area contributed by atoms with Gasteiger partial charge in [-0.15, -0.1) is 0 Å². The summed E-state index contributed by atoms with van der Waals surface area (Å²) in [7, 11) is 0. The number of ether oxygens (including phenoxy) is 1. The van der Waals surface area contributed by atoms with E-state index in [4.69, 9.17) is 14.5 Å². The largest absolute Gasteiger partial charge is 0.507 e. The number of hydrogen-bond acceptors (Lipinski definition) is 5. The first-order valence-electron chi connectivity index (χ1n) is 9.04. The van der Waals surface area contributed by atoms with Crippen LogP contribution < -0.4 is 0 Å². The molecule has 1 aliphatic rings. The lowest BCUT2D eigenvalue weighted by Gasteiger charge is -2.36. The Morgan fingerprint density at radius 2 is 1.38 bits per heavy atom. The third-order valence-electron chi connectivity index (χ3n) is 4.25. The van der Waals surface area contributed by atoms with Gasteiger partial charge in [0.15, 0.2) is 6.10 Å². The molecule has 0 radical (unpaired) electrons. The van der Waals surface area contributed by atoms with E-state index >= 15 is 0 Å². The minimum Gasteiger partial charge on any atom is -0.507 e. The van der Waals surface area contributed by atoms with Crippen LogP contribution in [-0.4, -0.2) is 22.8 Å². The summed E-state index contributed by atoms with van der Waals surface area (Å²) in [5, 5.41) is 10.8. The summed E-state index contributed by atoms with van der Waals surface area (Å²) >= 11 is 0. The number of carbonyl (C=O) groups is 1. The monoisotopic (exact) mass is 364 g/mol. The molecule has 2 atom stereocenters. The van der Waals surface area contributed by atoms with Crippen LogP contribution in [0.5, 0.6) is 5.75 Å². The van der Waals surface area contributed by atoms with Crippen molar-refractivity contribution in [3.63, 3.8) is 0 Å². The van der Waals surface area contributed by atoms with Crippen LogP contribution in [0.3, 0.4) is 0 Å². The van der Waals surface area contributed by atoms with E-state index in [0.717, 1.165) is 16.7 Å². The molecule has 0 bridgehead atoms. The maximum atomic E-state index is 12.4. The van der Waals surface area contributed by atoms with Crippen molar-refractivity contribution in [3.05, 3.63) is 28.8 Å². The van der Waals surface area contributed by atoms with Crippen molar-refractivity contribution in [2.75, 3.05) is 0 Å². The van der Waals surface area contributed by atoms with Gasteiger partial charge in [-0.2, -0.15) is 0 Å². The Morgan fingerprint density at radius 1 is 0.923 bits per heavy atom. The highest BCUT2D eigenvalue weighted by Crippen LogP contribution is 2.44. The smallest absolute Gasteiger partial charge is 0.342 e. The lowest BCUT2D eigenvalue weighted by Crippen LogP contribution is -2.45. The Labute approximate surface area is 156 Å². The molecule has 0 spiro atoms. The van der Waals surface area contributed by atoms with E-state index < -0.39 is 23.8 Å². The predicted octanol–water partition coefficient (Wildman–Crippen LogP) is 4.70. The molecule has 1 heterocycles. The molecule has 1 aliphatic heterocycles. The predicted molar refractivity (Wildman–Crippen MR) is 100 cm³/mol. The summed E-state index contributed by atoms with van der Waals surface area (Å²) in [6.07, 6.45) is -1.35. The summed E-state index contributed by atoms with van der Waals surface area (Å²) in [4.78, 5) is 22.7. The molecular weight excluding hydrogens is 332 g/mol. The molecule has 5 heteroatoms. The fourth-order valence-corrected chi connectivity index (χ4v) is 2.88. The third kappa shape index (κ3) is 4.38. The van der Waals surface area contributed by atoms with Crippen LogP contribution in [0.1, 0.15) is 85.1 Å². The van der Waals surface area contributed by atoms with E-state index in [9.17, 15) is 9.90 Å². The quantitative estimate of drug-likeness (QED) is 0.609. The van der Waals surface area contributed by atoms with Crippen LogP contribution in [0.2, 0.25) is 0 Å². The minimum absolute atomic E-state index is 0.258. The van der Waals surface area contributed by atoms with Gasteiger partial charge in [0.1, 0.15) is 11.4 Å². The second kappa shape index (κ2) is 6.54. The lowest BCUT2D eigenvalue weighted by molar-refractivity contribution is -0.460. The molecule has 0 saturated carbocycles. The third-order valence-corrected chi connectivity index (χ3v) is 4.25. The highest BCUT2D eigenvalue weighted by molar-refractivity contribution is 5.77. The van der Waals surface area contributed by atoms with Gasteiger partial charge in [-0.3, -0.25) is 0 Å². The molecule has 1 saturated heterocycles. The normalized spacial score (nSPS) is 21.3. The topological polar surface area (TPSA) is 65.0 Å². The van der Waals surface area contributed by atoms with Crippen molar-refractivity contribution in [1.29, 1.82) is 0 Å². The van der Waals surface area contributed by atoms with Crippen LogP contribution >= 0.6 is 0 Å². The molecule has 26 heavy (non-hydrogen) atoms. The standard InChI is InChI=1S/C21H32O5/c1-19(2,3)13-10-12(11-14(15(13)22)20(4,5)6)16-17(26-25-16)18(23)24-21(7,8)9/h10-11,16-17,22H,1-9H3. The fourth-order valence-electron chi connectivity index (χ4n) is 2.88. The van der Waals surface area contributed by atoms with Gasteiger partial charge in [0.2, 0.25) is 6.10 Å². The minimum atomic E-state index is -0.806. The molecule has 0 aromatic heterocycles. The molecule has 2 rings (SSSR count). The van der Waals surface area contributed by atoms with E-state index in [1.165, 1.54) is 0 Å².